The summed E-state index contributed by atoms with van der Waals surface area (Å²) in [4.78, 5) is 13.6. The number of rotatable bonds is 5. The highest BCUT2D eigenvalue weighted by atomic mass is 32.2. The zero-order valence-corrected chi connectivity index (χ0v) is 15.2. The summed E-state index contributed by atoms with van der Waals surface area (Å²) in [5, 5.41) is 1.84. The lowest BCUT2D eigenvalue weighted by molar-refractivity contribution is -0.127. The van der Waals surface area contributed by atoms with Crippen molar-refractivity contribution >= 4 is 27.3 Å². The zero-order chi connectivity index (χ0) is 16.4. The topological polar surface area (TPSA) is 57.7 Å². The number of piperidine rings is 1. The number of carbonyl (C=O) groups excluding carboxylic acids is 1. The predicted octanol–water partition coefficient (Wildman–Crippen LogP) is 2.61. The van der Waals surface area contributed by atoms with Crippen molar-refractivity contribution in [1.29, 1.82) is 0 Å². The minimum Gasteiger partial charge on any atom is -0.343 e. The average Bonchev–Trinajstić information content (AvgIpc) is 3.14. The lowest BCUT2D eigenvalue weighted by Gasteiger charge is -2.35. The van der Waals surface area contributed by atoms with Gasteiger partial charge in [0.1, 0.15) is 4.21 Å². The van der Waals surface area contributed by atoms with E-state index in [1.165, 1.54) is 11.3 Å². The smallest absolute Gasteiger partial charge is 0.253 e. The van der Waals surface area contributed by atoms with Crippen molar-refractivity contribution in [3.05, 3.63) is 17.0 Å². The summed E-state index contributed by atoms with van der Waals surface area (Å²) in [5.41, 5.74) is 0.828. The lowest BCUT2D eigenvalue weighted by atomic mass is 10.0. The molecule has 3 rings (SSSR count). The lowest BCUT2D eigenvalue weighted by Crippen LogP contribution is -2.45. The highest BCUT2D eigenvalue weighted by Gasteiger charge is 2.35. The van der Waals surface area contributed by atoms with E-state index in [0.717, 1.165) is 44.2 Å². The molecule has 1 aromatic rings. The number of amides is 1. The predicted molar refractivity (Wildman–Crippen MR) is 91.0 cm³/mol. The minimum atomic E-state index is -3.41. The Labute approximate surface area is 142 Å². The maximum absolute atomic E-state index is 13.0. The Hall–Kier alpha value is -0.920. The van der Waals surface area contributed by atoms with E-state index >= 15 is 0 Å². The quantitative estimate of drug-likeness (QED) is 0.815. The van der Waals surface area contributed by atoms with E-state index < -0.39 is 10.0 Å². The monoisotopic (exact) mass is 356 g/mol. The van der Waals surface area contributed by atoms with Gasteiger partial charge in [0.05, 0.1) is 0 Å². The van der Waals surface area contributed by atoms with Crippen molar-refractivity contribution in [2.24, 2.45) is 0 Å². The Morgan fingerprint density at radius 2 is 2.09 bits per heavy atom. The summed E-state index contributed by atoms with van der Waals surface area (Å²) in [5.74, 6) is 0.212. The van der Waals surface area contributed by atoms with Gasteiger partial charge in [0.15, 0.2) is 0 Å². The van der Waals surface area contributed by atoms with E-state index in [9.17, 15) is 13.2 Å². The fourth-order valence-electron chi connectivity index (χ4n) is 3.55. The molecule has 2 aliphatic heterocycles. The number of sulfonamides is 1. The Kier molecular flexibility index (Phi) is 5.08. The molecule has 0 spiro atoms. The third kappa shape index (κ3) is 3.46. The molecule has 1 unspecified atom stereocenters. The van der Waals surface area contributed by atoms with Crippen LogP contribution in [0.5, 0.6) is 0 Å². The zero-order valence-electron chi connectivity index (χ0n) is 13.5. The van der Waals surface area contributed by atoms with Crippen molar-refractivity contribution in [2.75, 3.05) is 19.6 Å². The maximum Gasteiger partial charge on any atom is 0.253 e. The summed E-state index contributed by atoms with van der Waals surface area (Å²) in [6.45, 7) is 3.95. The van der Waals surface area contributed by atoms with Gasteiger partial charge >= 0.3 is 0 Å². The van der Waals surface area contributed by atoms with Gasteiger partial charge in [-0.3, -0.25) is 4.79 Å². The van der Waals surface area contributed by atoms with E-state index in [-0.39, 0.29) is 11.9 Å². The molecule has 0 N–H and O–H groups in total. The molecular weight excluding hydrogens is 332 g/mol. The van der Waals surface area contributed by atoms with Gasteiger partial charge in [-0.1, -0.05) is 6.42 Å². The normalized spacial score (nSPS) is 23.6. The van der Waals surface area contributed by atoms with E-state index in [1.54, 1.807) is 4.31 Å². The fraction of sp³-hybridized carbons (Fsp3) is 0.688. The number of hydrogen-bond donors (Lipinski definition) is 0. The highest BCUT2D eigenvalue weighted by Crippen LogP contribution is 2.31. The van der Waals surface area contributed by atoms with E-state index in [2.05, 4.69) is 0 Å². The molecule has 2 saturated heterocycles. The van der Waals surface area contributed by atoms with Crippen LogP contribution in [0.2, 0.25) is 0 Å². The van der Waals surface area contributed by atoms with Gasteiger partial charge in [0.2, 0.25) is 5.91 Å². The number of hydrogen-bond acceptors (Lipinski definition) is 4. The largest absolute Gasteiger partial charge is 0.343 e. The Morgan fingerprint density at radius 3 is 2.74 bits per heavy atom. The molecule has 1 atom stereocenters. The molecule has 23 heavy (non-hydrogen) atoms. The van der Waals surface area contributed by atoms with Gasteiger partial charge in [-0.2, -0.15) is 4.31 Å². The van der Waals surface area contributed by atoms with Crippen LogP contribution in [0.3, 0.4) is 0 Å². The Bertz CT molecular complexity index is 669. The van der Waals surface area contributed by atoms with Gasteiger partial charge in [-0.15, -0.1) is 11.3 Å². The third-order valence-corrected chi connectivity index (χ3v) is 8.45. The van der Waals surface area contributed by atoms with Crippen LogP contribution >= 0.6 is 11.3 Å². The maximum atomic E-state index is 13.0. The first-order valence-electron chi connectivity index (χ1n) is 8.34. The molecule has 7 heteroatoms. The second-order valence-corrected chi connectivity index (χ2v) is 9.43. The van der Waals surface area contributed by atoms with Crippen molar-refractivity contribution in [3.8, 4) is 0 Å². The molecule has 1 amide bonds. The molecule has 2 fully saturated rings. The Morgan fingerprint density at radius 1 is 1.26 bits per heavy atom. The molecule has 0 aromatic carbocycles. The summed E-state index contributed by atoms with van der Waals surface area (Å²) in [7, 11) is -3.41. The van der Waals surface area contributed by atoms with E-state index in [0.29, 0.717) is 23.7 Å². The van der Waals surface area contributed by atoms with Gasteiger partial charge in [-0.25, -0.2) is 8.42 Å². The number of likely N-dealkylation sites (tertiary alicyclic amines) is 1. The second-order valence-electron chi connectivity index (χ2n) is 6.43. The summed E-state index contributed by atoms with van der Waals surface area (Å²) in [6, 6.07) is 1.88. The van der Waals surface area contributed by atoms with Crippen LogP contribution in [0.1, 0.15) is 44.1 Å². The molecular formula is C16H24N2O3S2. The number of thiophene rings is 1. The van der Waals surface area contributed by atoms with E-state index in [1.807, 2.05) is 23.3 Å². The molecule has 0 saturated carbocycles. The van der Waals surface area contributed by atoms with Gasteiger partial charge < -0.3 is 4.90 Å². The molecule has 128 valence electrons. The summed E-state index contributed by atoms with van der Waals surface area (Å²) < 4.78 is 28.2. The minimum absolute atomic E-state index is 0.0173. The van der Waals surface area contributed by atoms with Crippen LogP contribution in [0, 0.1) is 6.92 Å². The number of aryl methyl sites for hydroxylation is 1. The van der Waals surface area contributed by atoms with Gasteiger partial charge in [-0.05, 0) is 49.6 Å². The van der Waals surface area contributed by atoms with Crippen LogP contribution in [-0.2, 0) is 14.8 Å². The molecule has 3 heterocycles. The molecule has 0 bridgehead atoms. The SMILES string of the molecule is Cc1ccsc1S(=O)(=O)N1CCCCC1CCN1CCCC1=O. The second kappa shape index (κ2) is 6.91. The average molecular weight is 357 g/mol. The van der Waals surface area contributed by atoms with Crippen LogP contribution in [-0.4, -0.2) is 49.2 Å². The molecule has 1 aromatic heterocycles. The van der Waals surface area contributed by atoms with Crippen molar-refractivity contribution in [2.45, 2.75) is 55.7 Å². The molecule has 0 radical (unpaired) electrons. The summed E-state index contributed by atoms with van der Waals surface area (Å²) >= 11 is 1.30. The van der Waals surface area contributed by atoms with Crippen molar-refractivity contribution in [1.82, 2.24) is 9.21 Å². The molecule has 5 nitrogen and oxygen atoms in total. The van der Waals surface area contributed by atoms with Crippen LogP contribution < -0.4 is 0 Å². The van der Waals surface area contributed by atoms with Crippen molar-refractivity contribution in [3.63, 3.8) is 0 Å². The van der Waals surface area contributed by atoms with Crippen molar-refractivity contribution < 1.29 is 13.2 Å². The molecule has 0 aliphatic carbocycles. The van der Waals surface area contributed by atoms with E-state index in [4.69, 9.17) is 0 Å². The first-order chi connectivity index (χ1) is 11.0. The third-order valence-electron chi connectivity index (χ3n) is 4.83. The van der Waals surface area contributed by atoms with Crippen LogP contribution in [0.25, 0.3) is 0 Å². The molecule has 2 aliphatic rings. The van der Waals surface area contributed by atoms with Gasteiger partial charge in [0, 0.05) is 32.1 Å². The highest BCUT2D eigenvalue weighted by molar-refractivity contribution is 7.91. The standard InChI is InChI=1S/C16H24N2O3S2/c1-13-8-12-22-16(13)23(20,21)18-10-3-2-5-14(18)7-11-17-9-4-6-15(17)19/h8,12,14H,2-7,9-11H2,1H3. The first kappa shape index (κ1) is 16.9. The number of carbonyl (C=O) groups is 1. The van der Waals surface area contributed by atoms with Gasteiger partial charge in [0.25, 0.3) is 10.0 Å². The first-order valence-corrected chi connectivity index (χ1v) is 10.7. The summed E-state index contributed by atoms with van der Waals surface area (Å²) in [6.07, 6.45) is 5.19. The number of nitrogens with zero attached hydrogens (tertiary/aromatic N) is 2. The van der Waals surface area contributed by atoms with Crippen LogP contribution in [0.15, 0.2) is 15.7 Å². The Balaban J connectivity index is 1.73. The fourth-order valence-corrected chi connectivity index (χ4v) is 6.80. The van der Waals surface area contributed by atoms with Crippen LogP contribution in [0.4, 0.5) is 0 Å².